The summed E-state index contributed by atoms with van der Waals surface area (Å²) in [6.45, 7) is 6.63. The third-order valence-electron chi connectivity index (χ3n) is 7.62. The molecular formula is C32H32ClN7O4. The van der Waals surface area contributed by atoms with Crippen molar-refractivity contribution in [3.63, 3.8) is 0 Å². The molecule has 0 bridgehead atoms. The van der Waals surface area contributed by atoms with E-state index >= 15 is 0 Å². The van der Waals surface area contributed by atoms with Gasteiger partial charge in [-0.3, -0.25) is 9.69 Å². The number of aromatic nitrogens is 4. The summed E-state index contributed by atoms with van der Waals surface area (Å²) in [4.78, 5) is 26.2. The first-order chi connectivity index (χ1) is 21.6. The van der Waals surface area contributed by atoms with E-state index in [1.54, 1.807) is 36.7 Å². The van der Waals surface area contributed by atoms with Gasteiger partial charge in [0.15, 0.2) is 0 Å². The van der Waals surface area contributed by atoms with Gasteiger partial charge < -0.3 is 19.1 Å². The van der Waals surface area contributed by atoms with E-state index in [0.29, 0.717) is 54.3 Å². The Hall–Kier alpha value is -4.34. The zero-order chi connectivity index (χ0) is 30.3. The van der Waals surface area contributed by atoms with Gasteiger partial charge in [-0.2, -0.15) is 10.4 Å². The molecule has 4 heterocycles. The van der Waals surface area contributed by atoms with Crippen molar-refractivity contribution in [2.45, 2.75) is 12.6 Å². The van der Waals surface area contributed by atoms with E-state index in [9.17, 15) is 10.1 Å². The first-order valence-electron chi connectivity index (χ1n) is 14.6. The van der Waals surface area contributed by atoms with Crippen molar-refractivity contribution in [3.8, 4) is 34.2 Å². The summed E-state index contributed by atoms with van der Waals surface area (Å²) in [5.74, 6) is 1.23. The number of morpholine rings is 2. The van der Waals surface area contributed by atoms with E-state index in [2.05, 4.69) is 26.0 Å². The molecule has 0 amide bonds. The second-order valence-electron chi connectivity index (χ2n) is 10.6. The first kappa shape index (κ1) is 29.7. The molecule has 12 heteroatoms. The van der Waals surface area contributed by atoms with Gasteiger partial charge in [-0.05, 0) is 35.9 Å². The maximum absolute atomic E-state index is 12.6. The smallest absolute Gasteiger partial charge is 0.266 e. The zero-order valence-electron chi connectivity index (χ0n) is 24.1. The Kier molecular flexibility index (Phi) is 9.43. The van der Waals surface area contributed by atoms with Crippen molar-refractivity contribution >= 4 is 17.5 Å². The topological polar surface area (TPSA) is 119 Å². The van der Waals surface area contributed by atoms with Crippen LogP contribution in [0.4, 0.5) is 5.95 Å². The van der Waals surface area contributed by atoms with E-state index in [1.165, 1.54) is 10.7 Å². The highest BCUT2D eigenvalue weighted by Crippen LogP contribution is 2.30. The third-order valence-corrected chi connectivity index (χ3v) is 7.92. The van der Waals surface area contributed by atoms with Crippen molar-refractivity contribution in [1.82, 2.24) is 24.6 Å². The number of benzene rings is 2. The summed E-state index contributed by atoms with van der Waals surface area (Å²) in [5, 5.41) is 14.3. The maximum Gasteiger partial charge on any atom is 0.266 e. The van der Waals surface area contributed by atoms with Gasteiger partial charge in [-0.15, -0.1) is 0 Å². The molecule has 2 aliphatic rings. The summed E-state index contributed by atoms with van der Waals surface area (Å²) < 4.78 is 18.7. The molecule has 0 unspecified atom stereocenters. The highest BCUT2D eigenvalue weighted by atomic mass is 35.5. The average Bonchev–Trinajstić information content (AvgIpc) is 3.07. The number of hydrogen-bond acceptors (Lipinski definition) is 10. The molecule has 2 fully saturated rings. The highest BCUT2D eigenvalue weighted by molar-refractivity contribution is 6.32. The lowest BCUT2D eigenvalue weighted by Gasteiger charge is -2.33. The van der Waals surface area contributed by atoms with Gasteiger partial charge in [0, 0.05) is 62.3 Å². The normalized spacial score (nSPS) is 17.3. The Morgan fingerprint density at radius 3 is 2.61 bits per heavy atom. The van der Waals surface area contributed by atoms with Gasteiger partial charge in [-0.1, -0.05) is 29.8 Å². The Morgan fingerprint density at radius 2 is 1.82 bits per heavy atom. The van der Waals surface area contributed by atoms with Gasteiger partial charge in [0.1, 0.15) is 12.4 Å². The summed E-state index contributed by atoms with van der Waals surface area (Å²) >= 11 is 6.54. The Labute approximate surface area is 260 Å². The second kappa shape index (κ2) is 14.0. The van der Waals surface area contributed by atoms with E-state index in [4.69, 9.17) is 25.8 Å². The van der Waals surface area contributed by atoms with Crippen LogP contribution < -0.4 is 15.2 Å². The van der Waals surface area contributed by atoms with Gasteiger partial charge >= 0.3 is 0 Å². The molecule has 4 aromatic rings. The first-order valence-corrected chi connectivity index (χ1v) is 14.9. The Balaban J connectivity index is 1.07. The van der Waals surface area contributed by atoms with E-state index in [1.807, 2.05) is 29.2 Å². The van der Waals surface area contributed by atoms with Crippen molar-refractivity contribution in [3.05, 3.63) is 87.9 Å². The van der Waals surface area contributed by atoms with Gasteiger partial charge in [0.05, 0.1) is 54.8 Å². The van der Waals surface area contributed by atoms with Crippen molar-refractivity contribution in [1.29, 1.82) is 5.26 Å². The molecule has 0 spiro atoms. The minimum absolute atomic E-state index is 0.223. The predicted octanol–water partition coefficient (Wildman–Crippen LogP) is 3.51. The van der Waals surface area contributed by atoms with Crippen LogP contribution in [0.15, 0.2) is 71.8 Å². The van der Waals surface area contributed by atoms with Crippen LogP contribution in [0.2, 0.25) is 5.02 Å². The number of anilines is 1. The van der Waals surface area contributed by atoms with Gasteiger partial charge in [-0.25, -0.2) is 14.6 Å². The van der Waals surface area contributed by atoms with Crippen molar-refractivity contribution in [2.24, 2.45) is 0 Å². The molecule has 0 N–H and O–H groups in total. The largest absolute Gasteiger partial charge is 0.491 e. The number of nitrogens with zero attached hydrogens (tertiary/aromatic N) is 7. The van der Waals surface area contributed by atoms with Crippen molar-refractivity contribution < 1.29 is 14.2 Å². The van der Waals surface area contributed by atoms with Crippen LogP contribution in [-0.4, -0.2) is 89.9 Å². The van der Waals surface area contributed by atoms with Crippen LogP contribution in [-0.2, 0) is 16.0 Å². The fourth-order valence-corrected chi connectivity index (χ4v) is 5.46. The molecule has 226 valence electrons. The number of halogens is 1. The van der Waals surface area contributed by atoms with E-state index < -0.39 is 0 Å². The van der Waals surface area contributed by atoms with E-state index in [0.717, 1.165) is 49.5 Å². The zero-order valence-corrected chi connectivity index (χ0v) is 24.9. The molecule has 0 aliphatic carbocycles. The monoisotopic (exact) mass is 613 g/mol. The molecule has 1 atom stereocenters. The van der Waals surface area contributed by atoms with Crippen LogP contribution in [0, 0.1) is 11.3 Å². The number of nitriles is 1. The molecular weight excluding hydrogens is 582 g/mol. The minimum atomic E-state index is -0.285. The Morgan fingerprint density at radius 1 is 0.977 bits per heavy atom. The molecule has 44 heavy (non-hydrogen) atoms. The molecule has 2 aliphatic heterocycles. The van der Waals surface area contributed by atoms with Crippen LogP contribution >= 0.6 is 11.6 Å². The lowest BCUT2D eigenvalue weighted by Crippen LogP contribution is -2.46. The molecule has 0 saturated carbocycles. The molecule has 2 saturated heterocycles. The minimum Gasteiger partial charge on any atom is -0.491 e. The van der Waals surface area contributed by atoms with Crippen LogP contribution in [0.5, 0.6) is 5.75 Å². The van der Waals surface area contributed by atoms with Gasteiger partial charge in [0.25, 0.3) is 5.56 Å². The highest BCUT2D eigenvalue weighted by Gasteiger charge is 2.24. The predicted molar refractivity (Wildman–Crippen MR) is 166 cm³/mol. The maximum atomic E-state index is 12.6. The molecule has 2 aromatic heterocycles. The second-order valence-corrected chi connectivity index (χ2v) is 11.0. The number of ether oxygens (including phenoxy) is 3. The van der Waals surface area contributed by atoms with Crippen LogP contribution in [0.1, 0.15) is 5.56 Å². The number of hydrogen-bond donors (Lipinski definition) is 0. The third kappa shape index (κ3) is 7.23. The SMILES string of the molecule is N#Cc1cccc(-c2ccc(=O)n(C[C@@H]3CN(c4ncc(-c5ccc(OCCN6CCOCC6)c(Cl)c5)cn4)CCO3)n2)c1. The lowest BCUT2D eigenvalue weighted by atomic mass is 10.1. The van der Waals surface area contributed by atoms with E-state index in [-0.39, 0.29) is 18.2 Å². The summed E-state index contributed by atoms with van der Waals surface area (Å²) in [5.41, 5.74) is 3.42. The molecule has 2 aromatic carbocycles. The standard InChI is InChI=1S/C32H32ClN7O4/c33-28-17-24(4-6-30(28)44-14-10-38-8-12-42-13-9-38)26-19-35-32(36-20-26)39-11-15-43-27(21-39)22-40-31(41)7-5-29(37-40)25-3-1-2-23(16-25)18-34/h1-7,16-17,19-20,27H,8-15,21-22H2/t27-/m0/s1. The summed E-state index contributed by atoms with van der Waals surface area (Å²) in [7, 11) is 0. The fraction of sp³-hybridized carbons (Fsp3) is 0.344. The average molecular weight is 614 g/mol. The quantitative estimate of drug-likeness (QED) is 0.277. The van der Waals surface area contributed by atoms with Gasteiger partial charge in [0.2, 0.25) is 5.95 Å². The van der Waals surface area contributed by atoms with Crippen molar-refractivity contribution in [2.75, 3.05) is 64.1 Å². The summed E-state index contributed by atoms with van der Waals surface area (Å²) in [6, 6.07) is 18.1. The summed E-state index contributed by atoms with van der Waals surface area (Å²) in [6.07, 6.45) is 3.28. The Bertz CT molecular complexity index is 1690. The van der Waals surface area contributed by atoms with Crippen LogP contribution in [0.25, 0.3) is 22.4 Å². The molecule has 0 radical (unpaired) electrons. The fourth-order valence-electron chi connectivity index (χ4n) is 5.23. The van der Waals surface area contributed by atoms with Crippen LogP contribution in [0.3, 0.4) is 0 Å². The number of rotatable bonds is 9. The molecule has 11 nitrogen and oxygen atoms in total. The molecule has 6 rings (SSSR count). The lowest BCUT2D eigenvalue weighted by molar-refractivity contribution is 0.0260.